The van der Waals surface area contributed by atoms with E-state index in [2.05, 4.69) is 15.0 Å². The van der Waals surface area contributed by atoms with E-state index in [0.717, 1.165) is 6.42 Å². The van der Waals surface area contributed by atoms with Gasteiger partial charge in [0.05, 0.1) is 9.79 Å². The molecule has 4 N–H and O–H groups in total. The summed E-state index contributed by atoms with van der Waals surface area (Å²) in [5, 5.41) is 8.00. The Morgan fingerprint density at radius 3 is 2.56 bits per heavy atom. The van der Waals surface area contributed by atoms with E-state index >= 15 is 0 Å². The molecule has 3 rings (SSSR count). The molecule has 1 aliphatic rings. The lowest BCUT2D eigenvalue weighted by molar-refractivity contribution is -0.117. The fourth-order valence-electron chi connectivity index (χ4n) is 3.45. The summed E-state index contributed by atoms with van der Waals surface area (Å²) in [6.45, 7) is 3.77. The number of nitrogens with two attached hydrogens (primary N) is 1. The van der Waals surface area contributed by atoms with Crippen LogP contribution in [0.1, 0.15) is 44.2 Å². The number of carbonyl (C=O) groups is 1. The van der Waals surface area contributed by atoms with Crippen LogP contribution < -0.4 is 15.2 Å². The van der Waals surface area contributed by atoms with Crippen molar-refractivity contribution >= 4 is 37.5 Å². The molecule has 0 fully saturated rings. The Morgan fingerprint density at radius 2 is 1.91 bits per heavy atom. The van der Waals surface area contributed by atoms with Gasteiger partial charge in [-0.3, -0.25) is 14.5 Å². The zero-order chi connectivity index (χ0) is 23.5. The molecule has 1 heterocycles. The van der Waals surface area contributed by atoms with Crippen LogP contribution in [0.15, 0.2) is 57.2 Å². The highest BCUT2D eigenvalue weighted by atomic mass is 32.2. The lowest BCUT2D eigenvalue weighted by atomic mass is 10.1. The number of aliphatic imine (C=N–C) groups is 1. The highest BCUT2D eigenvalue weighted by Gasteiger charge is 2.31. The molecule has 0 bridgehead atoms. The maximum Gasteiger partial charge on any atom is 0.263 e. The number of aryl methyl sites for hydroxylation is 1. The average molecular weight is 479 g/mol. The summed E-state index contributed by atoms with van der Waals surface area (Å²) in [7, 11) is -7.69. The Kier molecular flexibility index (Phi) is 7.01. The number of rotatable bonds is 8. The van der Waals surface area contributed by atoms with Gasteiger partial charge in [-0.1, -0.05) is 44.9 Å². The standard InChI is InChI=1S/C21H26N4O5S2/c1-3-5-9-17(24-20-16-8-6-7-10-18(16)32(29,30)25-20)21(26)23-15-12-11-14(4-2)19(13-15)31(22,27)28/h6-8,10-13,17H,3-5,9H2,1-2H3,(H,23,26)(H,24,25)(H2,22,27,28). The average Bonchev–Trinajstić information content (AvgIpc) is 3.00. The van der Waals surface area contributed by atoms with Crippen LogP contribution in [-0.2, 0) is 31.3 Å². The van der Waals surface area contributed by atoms with Gasteiger partial charge in [-0.05, 0) is 42.7 Å². The monoisotopic (exact) mass is 478 g/mol. The Bertz CT molecular complexity index is 1270. The third-order valence-electron chi connectivity index (χ3n) is 5.10. The molecular formula is C21H26N4O5S2. The minimum atomic E-state index is -3.96. The van der Waals surface area contributed by atoms with E-state index in [1.165, 1.54) is 12.1 Å². The minimum absolute atomic E-state index is 0.0493. The molecule has 2 aromatic rings. The first-order chi connectivity index (χ1) is 15.1. The molecule has 2 aromatic carbocycles. The topological polar surface area (TPSA) is 148 Å². The van der Waals surface area contributed by atoms with E-state index < -0.39 is 32.0 Å². The van der Waals surface area contributed by atoms with Crippen molar-refractivity contribution in [3.8, 4) is 0 Å². The van der Waals surface area contributed by atoms with Gasteiger partial charge in [-0.2, -0.15) is 0 Å². The minimum Gasteiger partial charge on any atom is -0.324 e. The maximum absolute atomic E-state index is 13.0. The molecular weight excluding hydrogens is 452 g/mol. The molecule has 0 saturated carbocycles. The van der Waals surface area contributed by atoms with Crippen LogP contribution in [0.4, 0.5) is 5.69 Å². The van der Waals surface area contributed by atoms with Crippen LogP contribution in [0.2, 0.25) is 0 Å². The van der Waals surface area contributed by atoms with E-state index in [0.29, 0.717) is 30.4 Å². The fraction of sp³-hybridized carbons (Fsp3) is 0.333. The van der Waals surface area contributed by atoms with Gasteiger partial charge in [0.25, 0.3) is 10.0 Å². The summed E-state index contributed by atoms with van der Waals surface area (Å²) in [6.07, 6.45) is 2.37. The number of benzene rings is 2. The molecule has 0 spiro atoms. The first-order valence-corrected chi connectivity index (χ1v) is 13.3. The molecule has 11 heteroatoms. The molecule has 0 aromatic heterocycles. The quantitative estimate of drug-likeness (QED) is 0.532. The Labute approximate surface area is 188 Å². The first kappa shape index (κ1) is 23.9. The molecule has 1 amide bonds. The van der Waals surface area contributed by atoms with E-state index in [-0.39, 0.29) is 21.3 Å². The number of anilines is 1. The van der Waals surface area contributed by atoms with Crippen molar-refractivity contribution in [1.29, 1.82) is 0 Å². The summed E-state index contributed by atoms with van der Waals surface area (Å²) in [5.74, 6) is -0.359. The number of fused-ring (bicyclic) bond motifs is 1. The molecule has 1 unspecified atom stereocenters. The molecule has 172 valence electrons. The lowest BCUT2D eigenvalue weighted by Crippen LogP contribution is -2.31. The number of nitrogens with zero attached hydrogens (tertiary/aromatic N) is 1. The summed E-state index contributed by atoms with van der Waals surface area (Å²) in [5.41, 5.74) is 1.22. The summed E-state index contributed by atoms with van der Waals surface area (Å²) < 4.78 is 50.9. The van der Waals surface area contributed by atoms with Gasteiger partial charge in [-0.15, -0.1) is 0 Å². The third-order valence-corrected chi connectivity index (χ3v) is 7.49. The lowest BCUT2D eigenvalue weighted by Gasteiger charge is -2.15. The van der Waals surface area contributed by atoms with Crippen molar-refractivity contribution in [2.75, 3.05) is 5.32 Å². The van der Waals surface area contributed by atoms with Crippen molar-refractivity contribution in [2.24, 2.45) is 10.1 Å². The molecule has 32 heavy (non-hydrogen) atoms. The van der Waals surface area contributed by atoms with Gasteiger partial charge in [0.2, 0.25) is 15.9 Å². The van der Waals surface area contributed by atoms with Crippen molar-refractivity contribution in [3.05, 3.63) is 53.6 Å². The predicted molar refractivity (Wildman–Crippen MR) is 122 cm³/mol. The van der Waals surface area contributed by atoms with Crippen LogP contribution in [0.3, 0.4) is 0 Å². The van der Waals surface area contributed by atoms with Gasteiger partial charge in [0.15, 0.2) is 0 Å². The Balaban J connectivity index is 1.93. The van der Waals surface area contributed by atoms with E-state index in [1.54, 1.807) is 37.3 Å². The first-order valence-electron chi connectivity index (χ1n) is 10.2. The third kappa shape index (κ3) is 5.17. The number of primary sulfonamides is 1. The molecule has 1 atom stereocenters. The highest BCUT2D eigenvalue weighted by molar-refractivity contribution is 7.90. The predicted octanol–water partition coefficient (Wildman–Crippen LogP) is 2.13. The largest absolute Gasteiger partial charge is 0.324 e. The van der Waals surface area contributed by atoms with E-state index in [9.17, 15) is 21.6 Å². The number of amidine groups is 1. The van der Waals surface area contributed by atoms with Gasteiger partial charge in [-0.25, -0.2) is 22.0 Å². The number of sulfonamides is 2. The summed E-state index contributed by atoms with van der Waals surface area (Å²) >= 11 is 0. The van der Waals surface area contributed by atoms with Crippen LogP contribution in [-0.4, -0.2) is 34.6 Å². The second-order valence-corrected chi connectivity index (χ2v) is 10.6. The number of hydrogen-bond acceptors (Lipinski definition) is 6. The second-order valence-electron chi connectivity index (χ2n) is 7.45. The second kappa shape index (κ2) is 9.39. The highest BCUT2D eigenvalue weighted by Crippen LogP contribution is 2.24. The Hall–Kier alpha value is -2.76. The molecule has 9 nitrogen and oxygen atoms in total. The number of unbranched alkanes of at least 4 members (excludes halogenated alkanes) is 1. The number of carbonyl (C=O) groups excluding carboxylic acids is 1. The summed E-state index contributed by atoms with van der Waals surface area (Å²) in [4.78, 5) is 17.5. The van der Waals surface area contributed by atoms with E-state index in [4.69, 9.17) is 5.14 Å². The molecule has 0 radical (unpaired) electrons. The van der Waals surface area contributed by atoms with E-state index in [1.807, 2.05) is 6.92 Å². The molecule has 0 aliphatic carbocycles. The maximum atomic E-state index is 13.0. The van der Waals surface area contributed by atoms with Crippen LogP contribution in [0.5, 0.6) is 0 Å². The normalized spacial score (nSPS) is 16.9. The summed E-state index contributed by atoms with van der Waals surface area (Å²) in [6, 6.07) is 10.1. The van der Waals surface area contributed by atoms with Crippen LogP contribution in [0.25, 0.3) is 0 Å². The van der Waals surface area contributed by atoms with Crippen molar-refractivity contribution in [1.82, 2.24) is 4.72 Å². The van der Waals surface area contributed by atoms with Crippen LogP contribution >= 0.6 is 0 Å². The smallest absolute Gasteiger partial charge is 0.263 e. The SMILES string of the molecule is CCCCC(N=C1NS(=O)(=O)c2ccccc21)C(=O)Nc1ccc(CC)c(S(N)(=O)=O)c1. The zero-order valence-corrected chi connectivity index (χ0v) is 19.5. The van der Waals surface area contributed by atoms with Gasteiger partial charge in [0.1, 0.15) is 11.9 Å². The van der Waals surface area contributed by atoms with Gasteiger partial charge in [0, 0.05) is 11.3 Å². The number of amides is 1. The van der Waals surface area contributed by atoms with Gasteiger partial charge < -0.3 is 5.32 Å². The van der Waals surface area contributed by atoms with Crippen LogP contribution in [0, 0.1) is 0 Å². The van der Waals surface area contributed by atoms with Crippen molar-refractivity contribution in [3.63, 3.8) is 0 Å². The van der Waals surface area contributed by atoms with Crippen molar-refractivity contribution in [2.45, 2.75) is 55.4 Å². The molecule has 0 saturated heterocycles. The fourth-order valence-corrected chi connectivity index (χ4v) is 5.56. The van der Waals surface area contributed by atoms with Crippen molar-refractivity contribution < 1.29 is 21.6 Å². The zero-order valence-electron chi connectivity index (χ0n) is 17.8. The number of nitrogens with one attached hydrogen (secondary N) is 2. The molecule has 1 aliphatic heterocycles. The van der Waals surface area contributed by atoms with Gasteiger partial charge >= 0.3 is 0 Å². The number of hydrogen-bond donors (Lipinski definition) is 3. The Morgan fingerprint density at radius 1 is 1.19 bits per heavy atom.